The average Bonchev–Trinajstić information content (AvgIpc) is 3.78. The van der Waals surface area contributed by atoms with Crippen LogP contribution in [0.25, 0.3) is 93.8 Å². The highest BCUT2D eigenvalue weighted by Gasteiger charge is 2.25. The zero-order chi connectivity index (χ0) is 40.8. The SMILES string of the molecule is [2H]c1c([2H])c([2H])c(-n2c(-c3c4c([2H])c([2H])c([2H])c([2H])c4c(-c4ccc5c6c(cccc46)-c4ccccc4-5)c4c([2H])c([2H])c([2H])c([2H])c34)nc3ccccc32)c([2H])c1[2H]. The Morgan fingerprint density at radius 2 is 1.00 bits per heavy atom. The molecule has 0 saturated carbocycles. The molecule has 1 heterocycles. The summed E-state index contributed by atoms with van der Waals surface area (Å²) in [5.74, 6) is -0.146. The summed E-state index contributed by atoms with van der Waals surface area (Å²) in [5.41, 5.74) is 4.74. The van der Waals surface area contributed by atoms with Gasteiger partial charge in [-0.3, -0.25) is 4.57 Å². The van der Waals surface area contributed by atoms with Gasteiger partial charge in [0.2, 0.25) is 0 Å². The molecule has 0 aliphatic heterocycles. The zero-order valence-electron chi connectivity index (χ0n) is 36.4. The Bertz CT molecular complexity index is 3250. The lowest BCUT2D eigenvalue weighted by atomic mass is 9.85. The van der Waals surface area contributed by atoms with Crippen LogP contribution in [-0.4, -0.2) is 9.55 Å². The molecule has 0 spiro atoms. The van der Waals surface area contributed by atoms with Crippen LogP contribution >= 0.6 is 0 Å². The first kappa shape index (κ1) is 15.1. The largest absolute Gasteiger partial charge is 0.292 e. The summed E-state index contributed by atoms with van der Waals surface area (Å²) in [7, 11) is 0. The van der Waals surface area contributed by atoms with Gasteiger partial charge < -0.3 is 0 Å². The molecule has 2 heteroatoms. The van der Waals surface area contributed by atoms with Gasteiger partial charge in [-0.25, -0.2) is 4.98 Å². The molecule has 2 nitrogen and oxygen atoms in total. The van der Waals surface area contributed by atoms with Gasteiger partial charge in [0.15, 0.2) is 0 Å². The molecule has 45 heavy (non-hydrogen) atoms. The quantitative estimate of drug-likeness (QED) is 0.189. The van der Waals surface area contributed by atoms with Crippen molar-refractivity contribution in [3.63, 3.8) is 0 Å². The van der Waals surface area contributed by atoms with Gasteiger partial charge in [-0.1, -0.05) is 133 Å². The Morgan fingerprint density at radius 1 is 0.444 bits per heavy atom. The lowest BCUT2D eigenvalue weighted by Gasteiger charge is -2.19. The number of hydrogen-bond donors (Lipinski definition) is 0. The molecule has 8 aromatic carbocycles. The normalized spacial score (nSPS) is 16.0. The first-order chi connectivity index (χ1) is 27.8. The number of benzene rings is 8. The fourth-order valence-electron chi connectivity index (χ4n) is 6.92. The third kappa shape index (κ3) is 3.37. The van der Waals surface area contributed by atoms with Crippen molar-refractivity contribution in [3.05, 3.63) is 157 Å². The van der Waals surface area contributed by atoms with Crippen LogP contribution in [0.1, 0.15) is 17.8 Å². The predicted molar refractivity (Wildman–Crippen MR) is 189 cm³/mol. The first-order valence-corrected chi connectivity index (χ1v) is 14.4. The van der Waals surface area contributed by atoms with Crippen molar-refractivity contribution in [3.8, 4) is 50.5 Å². The van der Waals surface area contributed by atoms with Crippen molar-refractivity contribution in [2.75, 3.05) is 0 Å². The average molecular weight is 584 g/mol. The fraction of sp³-hybridized carbons (Fsp3) is 0. The molecule has 10 rings (SSSR count). The van der Waals surface area contributed by atoms with Gasteiger partial charge in [-0.2, -0.15) is 0 Å². The molecule has 9 aromatic rings. The summed E-state index contributed by atoms with van der Waals surface area (Å²) >= 11 is 0. The van der Waals surface area contributed by atoms with E-state index in [2.05, 4.69) is 0 Å². The second kappa shape index (κ2) is 9.25. The predicted octanol–water partition coefficient (Wildman–Crippen LogP) is 11.5. The summed E-state index contributed by atoms with van der Waals surface area (Å²) in [6.45, 7) is 0. The number of hydrogen-bond acceptors (Lipinski definition) is 1. The van der Waals surface area contributed by atoms with Gasteiger partial charge in [0.1, 0.15) is 5.82 Å². The van der Waals surface area contributed by atoms with Gasteiger partial charge in [0.05, 0.1) is 28.9 Å². The van der Waals surface area contributed by atoms with E-state index in [9.17, 15) is 5.48 Å². The van der Waals surface area contributed by atoms with Gasteiger partial charge in [-0.05, 0) is 89.9 Å². The Kier molecular flexibility index (Phi) is 3.11. The van der Waals surface area contributed by atoms with E-state index < -0.39 is 78.6 Å². The molecule has 1 aromatic heterocycles. The third-order valence-electron chi connectivity index (χ3n) is 8.69. The minimum atomic E-state index is -0.623. The summed E-state index contributed by atoms with van der Waals surface area (Å²) in [6, 6.07) is 16.8. The summed E-state index contributed by atoms with van der Waals surface area (Å²) < 4.78 is 118. The van der Waals surface area contributed by atoms with Crippen molar-refractivity contribution in [2.24, 2.45) is 0 Å². The molecule has 208 valence electrons. The van der Waals surface area contributed by atoms with Gasteiger partial charge in [-0.15, -0.1) is 0 Å². The van der Waals surface area contributed by atoms with Crippen LogP contribution in [0.5, 0.6) is 0 Å². The number of aromatic nitrogens is 2. The van der Waals surface area contributed by atoms with Gasteiger partial charge in [0, 0.05) is 11.3 Å². The second-order valence-electron chi connectivity index (χ2n) is 10.9. The maximum absolute atomic E-state index is 9.51. The number of para-hydroxylation sites is 3. The van der Waals surface area contributed by atoms with Crippen LogP contribution in [0.2, 0.25) is 0 Å². The smallest absolute Gasteiger partial charge is 0.146 e. The molecule has 0 amide bonds. The van der Waals surface area contributed by atoms with E-state index in [1.807, 2.05) is 54.6 Å². The van der Waals surface area contributed by atoms with Crippen molar-refractivity contribution in [2.45, 2.75) is 0 Å². The van der Waals surface area contributed by atoms with E-state index in [0.29, 0.717) is 16.5 Å². The van der Waals surface area contributed by atoms with Crippen LogP contribution in [0, 0.1) is 0 Å². The Labute approximate surface area is 278 Å². The van der Waals surface area contributed by atoms with Crippen molar-refractivity contribution >= 4 is 43.4 Å². The van der Waals surface area contributed by atoms with Gasteiger partial charge in [0.25, 0.3) is 0 Å². The van der Waals surface area contributed by atoms with E-state index in [0.717, 1.165) is 27.6 Å². The topological polar surface area (TPSA) is 17.8 Å². The molecule has 0 bridgehead atoms. The highest BCUT2D eigenvalue weighted by atomic mass is 15.1. The van der Waals surface area contributed by atoms with Crippen LogP contribution in [-0.2, 0) is 0 Å². The zero-order valence-corrected chi connectivity index (χ0v) is 23.4. The van der Waals surface area contributed by atoms with Gasteiger partial charge >= 0.3 is 0 Å². The molecule has 0 radical (unpaired) electrons. The maximum Gasteiger partial charge on any atom is 0.146 e. The third-order valence-corrected chi connectivity index (χ3v) is 8.69. The Balaban J connectivity index is 1.49. The molecule has 1 aliphatic rings. The molecule has 0 saturated heterocycles. The summed E-state index contributed by atoms with van der Waals surface area (Å²) in [5, 5.41) is 1.29. The minimum absolute atomic E-state index is 0.0330. The standard InChI is InChI=1S/C43H26N2/c1-2-13-27(14-3-1)45-39-24-11-10-23-38(39)44-43(45)42-34-19-8-6-17-31(34)41(32-18-7-9-20-35(32)42)37-26-25-36-29-16-5-4-15-28(29)30-21-12-22-33(37)40(30)36/h1-26H/i1D,2D,3D,6D,7D,8D,9D,13D,14D,17D,18D,19D,20D. The molecule has 0 unspecified atom stereocenters. The van der Waals surface area contributed by atoms with E-state index in [-0.39, 0.29) is 49.7 Å². The number of fused-ring (bicyclic) bond motifs is 6. The molecule has 0 N–H and O–H groups in total. The second-order valence-corrected chi connectivity index (χ2v) is 10.9. The first-order valence-electron chi connectivity index (χ1n) is 20.9. The number of imidazole rings is 1. The molecular formula is C43H26N2. The number of rotatable bonds is 3. The lowest BCUT2D eigenvalue weighted by molar-refractivity contribution is 1.11. The summed E-state index contributed by atoms with van der Waals surface area (Å²) in [4.78, 5) is 4.90. The van der Waals surface area contributed by atoms with E-state index >= 15 is 0 Å². The van der Waals surface area contributed by atoms with Crippen LogP contribution < -0.4 is 0 Å². The van der Waals surface area contributed by atoms with Crippen LogP contribution in [0.4, 0.5) is 0 Å². The molecule has 0 atom stereocenters. The van der Waals surface area contributed by atoms with E-state index in [4.69, 9.17) is 17.3 Å². The van der Waals surface area contributed by atoms with Crippen LogP contribution in [0.3, 0.4) is 0 Å². The molecule has 0 fully saturated rings. The Hall–Kier alpha value is -5.99. The van der Waals surface area contributed by atoms with E-state index in [1.54, 1.807) is 24.3 Å². The maximum atomic E-state index is 9.51. The lowest BCUT2D eigenvalue weighted by Crippen LogP contribution is -1.99. The molecular weight excluding hydrogens is 544 g/mol. The highest BCUT2D eigenvalue weighted by molar-refractivity contribution is 6.26. The summed E-state index contributed by atoms with van der Waals surface area (Å²) in [6.07, 6.45) is 0. The highest BCUT2D eigenvalue weighted by Crippen LogP contribution is 2.51. The Morgan fingerprint density at radius 3 is 1.71 bits per heavy atom. The molecule has 1 aliphatic carbocycles. The van der Waals surface area contributed by atoms with E-state index in [1.165, 1.54) is 4.57 Å². The van der Waals surface area contributed by atoms with Crippen LogP contribution in [0.15, 0.2) is 157 Å². The van der Waals surface area contributed by atoms with Crippen molar-refractivity contribution < 1.29 is 17.8 Å². The minimum Gasteiger partial charge on any atom is -0.292 e. The number of nitrogens with zero attached hydrogens (tertiary/aromatic N) is 2. The van der Waals surface area contributed by atoms with Crippen molar-refractivity contribution in [1.82, 2.24) is 9.55 Å². The fourth-order valence-corrected chi connectivity index (χ4v) is 6.92. The monoisotopic (exact) mass is 583 g/mol. The van der Waals surface area contributed by atoms with Crippen molar-refractivity contribution in [1.29, 1.82) is 0 Å².